The average molecular weight is 154 g/mol. The van der Waals surface area contributed by atoms with Crippen LogP contribution in [0.15, 0.2) is 18.6 Å². The Bertz CT molecular complexity index is 203. The van der Waals surface area contributed by atoms with Gasteiger partial charge in [0, 0.05) is 19.5 Å². The summed E-state index contributed by atoms with van der Waals surface area (Å²) in [6.07, 6.45) is 3.94. The number of aromatic nitrogens is 2. The summed E-state index contributed by atoms with van der Waals surface area (Å²) in [6, 6.07) is 0. The van der Waals surface area contributed by atoms with Crippen molar-refractivity contribution in [1.82, 2.24) is 9.97 Å². The van der Waals surface area contributed by atoms with Gasteiger partial charge in [-0.1, -0.05) is 0 Å². The lowest BCUT2D eigenvalue weighted by molar-refractivity contribution is 0.0615. The van der Waals surface area contributed by atoms with Gasteiger partial charge in [-0.15, -0.1) is 0 Å². The molecular formula is C7H10N2O2. The van der Waals surface area contributed by atoms with E-state index in [1.54, 1.807) is 6.20 Å². The molecule has 0 radical (unpaired) electrons. The Morgan fingerprint density at radius 2 is 2.45 bits per heavy atom. The van der Waals surface area contributed by atoms with Gasteiger partial charge in [-0.2, -0.15) is 0 Å². The molecule has 1 heterocycles. The maximum absolute atomic E-state index is 9.29. The Morgan fingerprint density at radius 3 is 3.00 bits per heavy atom. The lowest BCUT2D eigenvalue weighted by Gasteiger charge is -2.06. The van der Waals surface area contributed by atoms with Gasteiger partial charge in [0.1, 0.15) is 6.10 Å². The van der Waals surface area contributed by atoms with Crippen LogP contribution in [0.2, 0.25) is 0 Å². The van der Waals surface area contributed by atoms with Crippen LogP contribution in [0, 0.1) is 0 Å². The van der Waals surface area contributed by atoms with Gasteiger partial charge in [0.15, 0.2) is 0 Å². The maximum Gasteiger partial charge on any atom is 0.121 e. The standard InChI is InChI=1S/C7H10N2O2/c1-11-5-7(10)6-4-8-2-3-9-6/h2-4,7,10H,5H2,1H3. The van der Waals surface area contributed by atoms with E-state index in [2.05, 4.69) is 9.97 Å². The molecule has 1 rings (SSSR count). The van der Waals surface area contributed by atoms with E-state index in [-0.39, 0.29) is 6.61 Å². The third-order valence-electron chi connectivity index (χ3n) is 1.25. The summed E-state index contributed by atoms with van der Waals surface area (Å²) < 4.78 is 4.74. The van der Waals surface area contributed by atoms with E-state index in [1.165, 1.54) is 19.5 Å². The van der Waals surface area contributed by atoms with Crippen molar-refractivity contribution in [1.29, 1.82) is 0 Å². The van der Waals surface area contributed by atoms with E-state index in [0.717, 1.165) is 0 Å². The van der Waals surface area contributed by atoms with Crippen molar-refractivity contribution in [2.45, 2.75) is 6.10 Å². The van der Waals surface area contributed by atoms with Crippen LogP contribution < -0.4 is 0 Å². The first kappa shape index (κ1) is 8.10. The fourth-order valence-corrected chi connectivity index (χ4v) is 0.726. The van der Waals surface area contributed by atoms with Gasteiger partial charge in [-0.3, -0.25) is 9.97 Å². The molecule has 1 atom stereocenters. The minimum atomic E-state index is -0.673. The molecule has 0 aromatic carbocycles. The fraction of sp³-hybridized carbons (Fsp3) is 0.429. The Labute approximate surface area is 64.9 Å². The summed E-state index contributed by atoms with van der Waals surface area (Å²) in [5.74, 6) is 0. The number of nitrogens with zero attached hydrogens (tertiary/aromatic N) is 2. The van der Waals surface area contributed by atoms with Crippen molar-refractivity contribution in [3.63, 3.8) is 0 Å². The minimum Gasteiger partial charge on any atom is -0.384 e. The summed E-state index contributed by atoms with van der Waals surface area (Å²) in [4.78, 5) is 7.71. The van der Waals surface area contributed by atoms with Gasteiger partial charge < -0.3 is 9.84 Å². The smallest absolute Gasteiger partial charge is 0.121 e. The molecule has 1 aromatic rings. The van der Waals surface area contributed by atoms with Crippen LogP contribution in [0.1, 0.15) is 11.8 Å². The number of hydrogen-bond acceptors (Lipinski definition) is 4. The van der Waals surface area contributed by atoms with Crippen LogP contribution in [-0.2, 0) is 4.74 Å². The first-order valence-corrected chi connectivity index (χ1v) is 3.27. The second-order valence-corrected chi connectivity index (χ2v) is 2.10. The molecule has 0 fully saturated rings. The van der Waals surface area contributed by atoms with Crippen molar-refractivity contribution in [2.24, 2.45) is 0 Å². The Kier molecular flexibility index (Phi) is 2.95. The topological polar surface area (TPSA) is 55.2 Å². The van der Waals surface area contributed by atoms with Crippen molar-refractivity contribution >= 4 is 0 Å². The number of methoxy groups -OCH3 is 1. The zero-order valence-corrected chi connectivity index (χ0v) is 6.27. The van der Waals surface area contributed by atoms with E-state index in [0.29, 0.717) is 5.69 Å². The molecule has 0 aliphatic heterocycles. The molecule has 4 nitrogen and oxygen atoms in total. The first-order chi connectivity index (χ1) is 5.34. The lowest BCUT2D eigenvalue weighted by Crippen LogP contribution is -2.06. The van der Waals surface area contributed by atoms with Gasteiger partial charge in [0.25, 0.3) is 0 Å². The van der Waals surface area contributed by atoms with Crippen LogP contribution in [0.4, 0.5) is 0 Å². The summed E-state index contributed by atoms with van der Waals surface area (Å²) in [6.45, 7) is 0.249. The zero-order valence-electron chi connectivity index (χ0n) is 6.27. The average Bonchev–Trinajstić information content (AvgIpc) is 2.07. The predicted molar refractivity (Wildman–Crippen MR) is 38.9 cm³/mol. The lowest BCUT2D eigenvalue weighted by atomic mass is 10.3. The predicted octanol–water partition coefficient (Wildman–Crippen LogP) is 0.156. The van der Waals surface area contributed by atoms with Crippen LogP contribution in [0.25, 0.3) is 0 Å². The second-order valence-electron chi connectivity index (χ2n) is 2.10. The monoisotopic (exact) mass is 154 g/mol. The van der Waals surface area contributed by atoms with Gasteiger partial charge in [-0.05, 0) is 0 Å². The third kappa shape index (κ3) is 2.25. The van der Waals surface area contributed by atoms with E-state index in [9.17, 15) is 5.11 Å². The molecule has 4 heteroatoms. The summed E-state index contributed by atoms with van der Waals surface area (Å²) in [7, 11) is 1.53. The van der Waals surface area contributed by atoms with Gasteiger partial charge in [0.05, 0.1) is 18.5 Å². The highest BCUT2D eigenvalue weighted by atomic mass is 16.5. The highest BCUT2D eigenvalue weighted by Gasteiger charge is 2.06. The third-order valence-corrected chi connectivity index (χ3v) is 1.25. The Hall–Kier alpha value is -1.00. The molecule has 0 saturated heterocycles. The van der Waals surface area contributed by atoms with Crippen molar-refractivity contribution in [3.8, 4) is 0 Å². The fourth-order valence-electron chi connectivity index (χ4n) is 0.726. The quantitative estimate of drug-likeness (QED) is 0.673. The number of rotatable bonds is 3. The van der Waals surface area contributed by atoms with E-state index < -0.39 is 6.10 Å². The van der Waals surface area contributed by atoms with Gasteiger partial charge in [0.2, 0.25) is 0 Å². The summed E-state index contributed by atoms with van der Waals surface area (Å²) >= 11 is 0. The molecule has 0 bridgehead atoms. The molecule has 1 unspecified atom stereocenters. The largest absolute Gasteiger partial charge is 0.384 e. The summed E-state index contributed by atoms with van der Waals surface area (Å²) in [5.41, 5.74) is 0.536. The highest BCUT2D eigenvalue weighted by Crippen LogP contribution is 2.06. The van der Waals surface area contributed by atoms with Crippen LogP contribution in [0.3, 0.4) is 0 Å². The van der Waals surface area contributed by atoms with Crippen molar-refractivity contribution < 1.29 is 9.84 Å². The molecule has 0 amide bonds. The van der Waals surface area contributed by atoms with Crippen LogP contribution >= 0.6 is 0 Å². The minimum absolute atomic E-state index is 0.249. The SMILES string of the molecule is COCC(O)c1cnccn1. The molecule has 0 spiro atoms. The summed E-state index contributed by atoms with van der Waals surface area (Å²) in [5, 5.41) is 9.29. The van der Waals surface area contributed by atoms with Crippen molar-refractivity contribution in [2.75, 3.05) is 13.7 Å². The van der Waals surface area contributed by atoms with Crippen LogP contribution in [0.5, 0.6) is 0 Å². The van der Waals surface area contributed by atoms with Crippen molar-refractivity contribution in [3.05, 3.63) is 24.3 Å². The number of ether oxygens (including phenoxy) is 1. The normalized spacial score (nSPS) is 12.9. The maximum atomic E-state index is 9.29. The van der Waals surface area contributed by atoms with Gasteiger partial charge >= 0.3 is 0 Å². The zero-order chi connectivity index (χ0) is 8.10. The molecular weight excluding hydrogens is 144 g/mol. The number of hydrogen-bond donors (Lipinski definition) is 1. The second kappa shape index (κ2) is 4.00. The molecule has 0 aliphatic rings. The molecule has 0 aliphatic carbocycles. The first-order valence-electron chi connectivity index (χ1n) is 3.27. The number of aliphatic hydroxyl groups excluding tert-OH is 1. The highest BCUT2D eigenvalue weighted by molar-refractivity contribution is 4.98. The number of aliphatic hydroxyl groups is 1. The van der Waals surface area contributed by atoms with E-state index >= 15 is 0 Å². The van der Waals surface area contributed by atoms with E-state index in [1.807, 2.05) is 0 Å². The van der Waals surface area contributed by atoms with E-state index in [4.69, 9.17) is 4.74 Å². The van der Waals surface area contributed by atoms with Gasteiger partial charge in [-0.25, -0.2) is 0 Å². The molecule has 1 N–H and O–H groups in total. The molecule has 1 aromatic heterocycles. The molecule has 11 heavy (non-hydrogen) atoms. The van der Waals surface area contributed by atoms with Crippen LogP contribution in [-0.4, -0.2) is 28.8 Å². The molecule has 0 saturated carbocycles. The Balaban J connectivity index is 2.61. The molecule has 60 valence electrons. The Morgan fingerprint density at radius 1 is 1.64 bits per heavy atom.